The van der Waals surface area contributed by atoms with Gasteiger partial charge in [0.15, 0.2) is 0 Å². The van der Waals surface area contributed by atoms with Gasteiger partial charge in [0.1, 0.15) is 5.30 Å². The highest BCUT2D eigenvalue weighted by Gasteiger charge is 1.92. The lowest BCUT2D eigenvalue weighted by Gasteiger charge is -1.89. The van der Waals surface area contributed by atoms with Crippen LogP contribution in [-0.4, -0.2) is 0 Å². The Balaban J connectivity index is 2.94. The highest BCUT2D eigenvalue weighted by molar-refractivity contribution is 8.40. The molecule has 1 unspecified atom stereocenters. The van der Waals surface area contributed by atoms with Gasteiger partial charge in [-0.1, -0.05) is 12.1 Å². The molecule has 0 aliphatic rings. The summed E-state index contributed by atoms with van der Waals surface area (Å²) in [5.41, 5.74) is 1.33. The van der Waals surface area contributed by atoms with Gasteiger partial charge in [-0.25, -0.2) is 0 Å². The van der Waals surface area contributed by atoms with Crippen molar-refractivity contribution in [2.75, 3.05) is 0 Å². The van der Waals surface area contributed by atoms with E-state index in [-0.39, 0.29) is 7.78 Å². The fourth-order valence-corrected chi connectivity index (χ4v) is 1.77. The zero-order valence-corrected chi connectivity index (χ0v) is 7.38. The van der Waals surface area contributed by atoms with Crippen molar-refractivity contribution in [2.24, 2.45) is 0 Å². The second-order valence-electron chi connectivity index (χ2n) is 2.04. The summed E-state index contributed by atoms with van der Waals surface area (Å²) < 4.78 is 0. The fourth-order valence-electron chi connectivity index (χ4n) is 0.750. The number of benzene rings is 1. The van der Waals surface area contributed by atoms with Gasteiger partial charge in [-0.15, -0.1) is 0 Å². The first-order chi connectivity index (χ1) is 4.33. The predicted octanol–water partition coefficient (Wildman–Crippen LogP) is 1.88. The highest BCUT2D eigenvalue weighted by Crippen LogP contribution is 2.14. The van der Waals surface area contributed by atoms with Gasteiger partial charge in [0.2, 0.25) is 0 Å². The minimum Gasteiger partial charge on any atom is -0.0590 e. The summed E-state index contributed by atoms with van der Waals surface area (Å²) in [6, 6.07) is 8.48. The lowest BCUT2D eigenvalue weighted by atomic mass is 10.2. The number of rotatable bonds is 1. The first-order valence-corrected chi connectivity index (χ1v) is 5.51. The van der Waals surface area contributed by atoms with E-state index in [0.717, 1.165) is 0 Å². The number of aryl methyl sites for hydroxylation is 1. The van der Waals surface area contributed by atoms with E-state index in [1.807, 2.05) is 0 Å². The van der Waals surface area contributed by atoms with Gasteiger partial charge in [-0.2, -0.15) is 0 Å². The molecule has 9 heavy (non-hydrogen) atoms. The number of hydrogen-bond acceptors (Lipinski definition) is 1. The van der Waals surface area contributed by atoms with Crippen molar-refractivity contribution < 1.29 is 0 Å². The van der Waals surface area contributed by atoms with Crippen LogP contribution in [-0.2, 0) is 0 Å². The minimum absolute atomic E-state index is 0.193. The van der Waals surface area contributed by atoms with Crippen molar-refractivity contribution in [3.63, 3.8) is 0 Å². The van der Waals surface area contributed by atoms with Crippen molar-refractivity contribution >= 4 is 25.3 Å². The molecule has 48 valence electrons. The highest BCUT2D eigenvalue weighted by atomic mass is 32.7. The lowest BCUT2D eigenvalue weighted by Crippen LogP contribution is -1.89. The van der Waals surface area contributed by atoms with Crippen molar-refractivity contribution in [3.05, 3.63) is 29.8 Å². The normalized spacial score (nSPS) is 10.9. The molecular weight excluding hydrogens is 147 g/mol. The molecule has 0 aliphatic carbocycles. The largest absolute Gasteiger partial charge is 0.100 e. The standard InChI is InChI=1S/C7H9PS/c1-6-3-2-4-7(5-6)8-9/h2-5,8-9H,1H3/p+1. The van der Waals surface area contributed by atoms with Gasteiger partial charge in [0.05, 0.1) is 7.78 Å². The Labute approximate surface area is 62.6 Å². The molecule has 2 heteroatoms. The quantitative estimate of drug-likeness (QED) is 0.467. The number of thiol groups is 1. The zero-order valence-electron chi connectivity index (χ0n) is 5.33. The van der Waals surface area contributed by atoms with Crippen LogP contribution in [0.1, 0.15) is 5.56 Å². The molecule has 0 amide bonds. The molecule has 0 fully saturated rings. The average Bonchev–Trinajstić information content (AvgIpc) is 1.88. The molecule has 0 N–H and O–H groups in total. The third-order valence-corrected chi connectivity index (χ3v) is 2.74. The topological polar surface area (TPSA) is 0 Å². The summed E-state index contributed by atoms with van der Waals surface area (Å²) >= 11 is 4.24. The first kappa shape index (κ1) is 7.11. The van der Waals surface area contributed by atoms with Gasteiger partial charge in [0, 0.05) is 12.2 Å². The number of hydrogen-bond donors (Lipinski definition) is 1. The fraction of sp³-hybridized carbons (Fsp3) is 0.143. The SMILES string of the molecule is Cc1cccc([PH2+]S)c1. The van der Waals surface area contributed by atoms with E-state index in [1.165, 1.54) is 10.9 Å². The van der Waals surface area contributed by atoms with E-state index in [2.05, 4.69) is 43.4 Å². The molecule has 1 aromatic carbocycles. The maximum Gasteiger partial charge on any atom is 0.100 e. The average molecular weight is 157 g/mol. The molecule has 1 rings (SSSR count). The second-order valence-corrected chi connectivity index (χ2v) is 3.74. The molecule has 0 bridgehead atoms. The van der Waals surface area contributed by atoms with Gasteiger partial charge < -0.3 is 0 Å². The lowest BCUT2D eigenvalue weighted by molar-refractivity contribution is 1.50. The summed E-state index contributed by atoms with van der Waals surface area (Å²) in [6.45, 7) is 2.10. The van der Waals surface area contributed by atoms with E-state index in [0.29, 0.717) is 0 Å². The third kappa shape index (κ3) is 2.00. The Kier molecular flexibility index (Phi) is 2.56. The van der Waals surface area contributed by atoms with Crippen LogP contribution < -0.4 is 5.30 Å². The third-order valence-electron chi connectivity index (χ3n) is 1.19. The molecule has 0 aromatic heterocycles. The van der Waals surface area contributed by atoms with Crippen molar-refractivity contribution in [1.29, 1.82) is 0 Å². The molecule has 1 atom stereocenters. The Bertz CT molecular complexity index is 198. The maximum atomic E-state index is 4.24. The van der Waals surface area contributed by atoms with E-state index in [4.69, 9.17) is 0 Å². The Hall–Kier alpha value is -0.0000000000000000555. The van der Waals surface area contributed by atoms with Crippen LogP contribution in [0.4, 0.5) is 0 Å². The van der Waals surface area contributed by atoms with E-state index >= 15 is 0 Å². The van der Waals surface area contributed by atoms with Crippen molar-refractivity contribution in [2.45, 2.75) is 6.92 Å². The zero-order chi connectivity index (χ0) is 6.69. The molecule has 0 saturated carbocycles. The summed E-state index contributed by atoms with van der Waals surface area (Å²) in [7, 11) is 0.193. The molecule has 0 aliphatic heterocycles. The second kappa shape index (κ2) is 3.24. The van der Waals surface area contributed by atoms with Gasteiger partial charge in [0.25, 0.3) is 0 Å². The molecule has 0 saturated heterocycles. The summed E-state index contributed by atoms with van der Waals surface area (Å²) in [4.78, 5) is 0. The van der Waals surface area contributed by atoms with Crippen LogP contribution in [0.5, 0.6) is 0 Å². The smallest absolute Gasteiger partial charge is 0.0590 e. The van der Waals surface area contributed by atoms with Crippen LogP contribution in [0.3, 0.4) is 0 Å². The van der Waals surface area contributed by atoms with E-state index < -0.39 is 0 Å². The van der Waals surface area contributed by atoms with Crippen LogP contribution in [0.2, 0.25) is 0 Å². The van der Waals surface area contributed by atoms with Crippen LogP contribution in [0.25, 0.3) is 0 Å². The molecular formula is C7H10PS+. The first-order valence-electron chi connectivity index (χ1n) is 2.87. The van der Waals surface area contributed by atoms with Crippen LogP contribution in [0.15, 0.2) is 24.3 Å². The Morgan fingerprint density at radius 2 is 2.22 bits per heavy atom. The van der Waals surface area contributed by atoms with E-state index in [9.17, 15) is 0 Å². The van der Waals surface area contributed by atoms with Crippen molar-refractivity contribution in [1.82, 2.24) is 0 Å². The molecule has 1 aromatic rings. The molecule has 0 nitrogen and oxygen atoms in total. The van der Waals surface area contributed by atoms with Crippen LogP contribution >= 0.6 is 20.0 Å². The summed E-state index contributed by atoms with van der Waals surface area (Å²) in [5, 5.41) is 1.37. The van der Waals surface area contributed by atoms with Crippen molar-refractivity contribution in [3.8, 4) is 0 Å². The summed E-state index contributed by atoms with van der Waals surface area (Å²) in [5.74, 6) is 0. The molecule has 0 radical (unpaired) electrons. The van der Waals surface area contributed by atoms with Gasteiger partial charge in [-0.05, 0) is 24.6 Å². The van der Waals surface area contributed by atoms with Crippen LogP contribution in [0, 0.1) is 6.92 Å². The Morgan fingerprint density at radius 3 is 2.67 bits per heavy atom. The molecule has 0 spiro atoms. The molecule has 0 heterocycles. The Morgan fingerprint density at radius 1 is 1.44 bits per heavy atom. The predicted molar refractivity (Wildman–Crippen MR) is 49.5 cm³/mol. The summed E-state index contributed by atoms with van der Waals surface area (Å²) in [6.07, 6.45) is 0. The monoisotopic (exact) mass is 157 g/mol. The minimum atomic E-state index is 0.193. The van der Waals surface area contributed by atoms with Gasteiger partial charge >= 0.3 is 0 Å². The maximum absolute atomic E-state index is 4.24. The van der Waals surface area contributed by atoms with E-state index in [1.54, 1.807) is 0 Å². The van der Waals surface area contributed by atoms with Gasteiger partial charge in [-0.3, -0.25) is 0 Å².